The van der Waals surface area contributed by atoms with E-state index in [1.165, 1.54) is 0 Å². The van der Waals surface area contributed by atoms with Gasteiger partial charge in [-0.25, -0.2) is 4.79 Å². The van der Waals surface area contributed by atoms with Crippen LogP contribution in [0.15, 0.2) is 12.1 Å². The standard InChI is InChI=1S/C9H6ClNO3/c10-6-2-1-5-3-14-9(13)7(5)8(6)11-4-12/h1-2,4H,3H2,(H,11,12). The van der Waals surface area contributed by atoms with Crippen molar-refractivity contribution in [1.29, 1.82) is 0 Å². The highest BCUT2D eigenvalue weighted by Crippen LogP contribution is 2.33. The van der Waals surface area contributed by atoms with Gasteiger partial charge in [-0.2, -0.15) is 0 Å². The van der Waals surface area contributed by atoms with Crippen LogP contribution in [-0.4, -0.2) is 12.4 Å². The number of benzene rings is 1. The molecule has 1 aliphatic rings. The number of halogens is 1. The Bertz CT molecular complexity index is 417. The van der Waals surface area contributed by atoms with E-state index in [0.29, 0.717) is 22.7 Å². The van der Waals surface area contributed by atoms with E-state index in [1.54, 1.807) is 12.1 Å². The van der Waals surface area contributed by atoms with E-state index >= 15 is 0 Å². The summed E-state index contributed by atoms with van der Waals surface area (Å²) in [4.78, 5) is 21.6. The van der Waals surface area contributed by atoms with Crippen molar-refractivity contribution in [3.63, 3.8) is 0 Å². The molecule has 72 valence electrons. The lowest BCUT2D eigenvalue weighted by Gasteiger charge is -2.05. The normalized spacial score (nSPS) is 13.4. The molecular weight excluding hydrogens is 206 g/mol. The number of amides is 1. The summed E-state index contributed by atoms with van der Waals surface area (Å²) < 4.78 is 4.81. The van der Waals surface area contributed by atoms with Crippen molar-refractivity contribution in [3.8, 4) is 0 Å². The van der Waals surface area contributed by atoms with Crippen LogP contribution >= 0.6 is 11.6 Å². The SMILES string of the molecule is O=CNc1c(Cl)ccc2c1C(=O)OC2. The molecule has 1 heterocycles. The van der Waals surface area contributed by atoms with Crippen molar-refractivity contribution in [2.45, 2.75) is 6.61 Å². The molecule has 1 aromatic carbocycles. The van der Waals surface area contributed by atoms with Gasteiger partial charge in [0.2, 0.25) is 6.41 Å². The Labute approximate surface area is 84.8 Å². The third-order valence-corrected chi connectivity index (χ3v) is 2.32. The van der Waals surface area contributed by atoms with Crippen molar-refractivity contribution in [2.24, 2.45) is 0 Å². The smallest absolute Gasteiger partial charge is 0.341 e. The van der Waals surface area contributed by atoms with Gasteiger partial charge in [0.15, 0.2) is 0 Å². The molecule has 0 aliphatic carbocycles. The number of nitrogens with one attached hydrogen (secondary N) is 1. The summed E-state index contributed by atoms with van der Waals surface area (Å²) >= 11 is 5.82. The van der Waals surface area contributed by atoms with Crippen LogP contribution in [0.5, 0.6) is 0 Å². The minimum atomic E-state index is -0.452. The maximum atomic E-state index is 11.3. The zero-order chi connectivity index (χ0) is 10.1. The molecule has 0 saturated carbocycles. The molecule has 0 fully saturated rings. The number of carbonyl (C=O) groups excluding carboxylic acids is 2. The Morgan fingerprint density at radius 2 is 2.29 bits per heavy atom. The molecule has 0 atom stereocenters. The summed E-state index contributed by atoms with van der Waals surface area (Å²) in [5.74, 6) is -0.452. The molecule has 4 nitrogen and oxygen atoms in total. The number of rotatable bonds is 2. The molecule has 0 aromatic heterocycles. The van der Waals surface area contributed by atoms with Crippen molar-refractivity contribution in [2.75, 3.05) is 5.32 Å². The first-order chi connectivity index (χ1) is 6.74. The van der Waals surface area contributed by atoms with Gasteiger partial charge in [-0.3, -0.25) is 4.79 Å². The van der Waals surface area contributed by atoms with Crippen LogP contribution in [0.4, 0.5) is 5.69 Å². The molecule has 14 heavy (non-hydrogen) atoms. The predicted octanol–water partition coefficient (Wildman–Crippen LogP) is 1.58. The third kappa shape index (κ3) is 1.24. The lowest BCUT2D eigenvalue weighted by atomic mass is 10.1. The third-order valence-electron chi connectivity index (χ3n) is 2.01. The molecule has 0 saturated heterocycles. The summed E-state index contributed by atoms with van der Waals surface area (Å²) in [6, 6.07) is 3.33. The first-order valence-electron chi connectivity index (χ1n) is 3.92. The minimum Gasteiger partial charge on any atom is -0.457 e. The highest BCUT2D eigenvalue weighted by atomic mass is 35.5. The lowest BCUT2D eigenvalue weighted by molar-refractivity contribution is -0.105. The van der Waals surface area contributed by atoms with E-state index < -0.39 is 5.97 Å². The summed E-state index contributed by atoms with van der Waals surface area (Å²) in [7, 11) is 0. The second kappa shape index (κ2) is 3.31. The zero-order valence-electron chi connectivity index (χ0n) is 7.04. The van der Waals surface area contributed by atoms with Crippen LogP contribution in [0.1, 0.15) is 15.9 Å². The van der Waals surface area contributed by atoms with Gasteiger partial charge < -0.3 is 10.1 Å². The Hall–Kier alpha value is -1.55. The van der Waals surface area contributed by atoms with Crippen molar-refractivity contribution in [3.05, 3.63) is 28.3 Å². The first kappa shape index (κ1) is 9.02. The number of hydrogen-bond donors (Lipinski definition) is 1. The monoisotopic (exact) mass is 211 g/mol. The molecule has 2 rings (SSSR count). The summed E-state index contributed by atoms with van der Waals surface area (Å²) in [6.07, 6.45) is 0.479. The summed E-state index contributed by atoms with van der Waals surface area (Å²) in [6.45, 7) is 0.235. The molecule has 0 spiro atoms. The number of hydrogen-bond acceptors (Lipinski definition) is 3. The molecule has 0 radical (unpaired) electrons. The molecular formula is C9H6ClNO3. The summed E-state index contributed by atoms with van der Waals surface area (Å²) in [5.41, 5.74) is 1.41. The molecule has 5 heteroatoms. The van der Waals surface area contributed by atoms with Crippen molar-refractivity contribution >= 4 is 29.7 Å². The second-order valence-corrected chi connectivity index (χ2v) is 3.20. The van der Waals surface area contributed by atoms with Crippen molar-refractivity contribution < 1.29 is 14.3 Å². The van der Waals surface area contributed by atoms with E-state index in [0.717, 1.165) is 5.56 Å². The van der Waals surface area contributed by atoms with Gasteiger partial charge in [-0.15, -0.1) is 0 Å². The predicted molar refractivity (Wildman–Crippen MR) is 50.3 cm³/mol. The van der Waals surface area contributed by atoms with Gasteiger partial charge in [0, 0.05) is 5.56 Å². The van der Waals surface area contributed by atoms with Gasteiger partial charge in [0.1, 0.15) is 6.61 Å². The topological polar surface area (TPSA) is 55.4 Å². The van der Waals surface area contributed by atoms with Crippen molar-refractivity contribution in [1.82, 2.24) is 0 Å². The van der Waals surface area contributed by atoms with E-state index in [9.17, 15) is 9.59 Å². The van der Waals surface area contributed by atoms with E-state index in [1.807, 2.05) is 0 Å². The van der Waals surface area contributed by atoms with Crippen LogP contribution in [-0.2, 0) is 16.1 Å². The van der Waals surface area contributed by atoms with Crippen LogP contribution in [0.2, 0.25) is 5.02 Å². The Morgan fingerprint density at radius 1 is 1.50 bits per heavy atom. The maximum absolute atomic E-state index is 11.3. The minimum absolute atomic E-state index is 0.235. The van der Waals surface area contributed by atoms with Crippen LogP contribution in [0, 0.1) is 0 Å². The van der Waals surface area contributed by atoms with E-state index in [4.69, 9.17) is 16.3 Å². The fourth-order valence-electron chi connectivity index (χ4n) is 1.39. The summed E-state index contributed by atoms with van der Waals surface area (Å²) in [5, 5.41) is 2.72. The van der Waals surface area contributed by atoms with Gasteiger partial charge in [-0.05, 0) is 6.07 Å². The van der Waals surface area contributed by atoms with Gasteiger partial charge >= 0.3 is 5.97 Å². The second-order valence-electron chi connectivity index (χ2n) is 2.79. The highest BCUT2D eigenvalue weighted by Gasteiger charge is 2.26. The molecule has 1 N–H and O–H groups in total. The van der Waals surface area contributed by atoms with Gasteiger partial charge in [-0.1, -0.05) is 17.7 Å². The molecule has 1 aromatic rings. The maximum Gasteiger partial charge on any atom is 0.341 e. The number of carbonyl (C=O) groups is 2. The lowest BCUT2D eigenvalue weighted by Crippen LogP contribution is -2.03. The van der Waals surface area contributed by atoms with E-state index in [-0.39, 0.29) is 6.61 Å². The van der Waals surface area contributed by atoms with E-state index in [2.05, 4.69) is 5.32 Å². The van der Waals surface area contributed by atoms with Crippen LogP contribution in [0.3, 0.4) is 0 Å². The Balaban J connectivity index is 2.61. The Kier molecular flexibility index (Phi) is 2.13. The van der Waals surface area contributed by atoms with Crippen LogP contribution in [0.25, 0.3) is 0 Å². The first-order valence-corrected chi connectivity index (χ1v) is 4.30. The largest absolute Gasteiger partial charge is 0.457 e. The molecule has 1 amide bonds. The number of anilines is 1. The van der Waals surface area contributed by atoms with Gasteiger partial charge in [0.05, 0.1) is 16.3 Å². The Morgan fingerprint density at radius 3 is 3.00 bits per heavy atom. The number of ether oxygens (including phenoxy) is 1. The fraction of sp³-hybridized carbons (Fsp3) is 0.111. The highest BCUT2D eigenvalue weighted by molar-refractivity contribution is 6.34. The molecule has 1 aliphatic heterocycles. The molecule has 0 bridgehead atoms. The molecule has 0 unspecified atom stereocenters. The van der Waals surface area contributed by atoms with Gasteiger partial charge in [0.25, 0.3) is 0 Å². The number of esters is 1. The number of fused-ring (bicyclic) bond motifs is 1. The van der Waals surface area contributed by atoms with Crippen LogP contribution < -0.4 is 5.32 Å². The zero-order valence-corrected chi connectivity index (χ0v) is 7.80. The average molecular weight is 212 g/mol. The number of cyclic esters (lactones) is 1. The average Bonchev–Trinajstić information content (AvgIpc) is 2.53. The quantitative estimate of drug-likeness (QED) is 0.597. The fourth-order valence-corrected chi connectivity index (χ4v) is 1.60.